The van der Waals surface area contributed by atoms with Crippen LogP contribution in [-0.2, 0) is 12.8 Å². The molecule has 0 aliphatic heterocycles. The van der Waals surface area contributed by atoms with Crippen LogP contribution in [0.3, 0.4) is 0 Å². The number of nitrogens with one attached hydrogen (secondary N) is 1. The Morgan fingerprint density at radius 2 is 2.24 bits per heavy atom. The van der Waals surface area contributed by atoms with Gasteiger partial charge in [-0.25, -0.2) is 4.98 Å². The lowest BCUT2D eigenvalue weighted by Crippen LogP contribution is -2.14. The van der Waals surface area contributed by atoms with E-state index >= 15 is 0 Å². The molecule has 3 rings (SSSR count). The quantitative estimate of drug-likeness (QED) is 0.692. The first-order valence-corrected chi connectivity index (χ1v) is 7.48. The fraction of sp³-hybridized carbons (Fsp3) is 0.231. The molecule has 8 heteroatoms. The van der Waals surface area contributed by atoms with E-state index in [2.05, 4.69) is 10.3 Å². The van der Waals surface area contributed by atoms with Crippen LogP contribution in [0, 0.1) is 10.1 Å². The van der Waals surface area contributed by atoms with E-state index in [0.717, 1.165) is 25.0 Å². The molecule has 1 aromatic carbocycles. The Kier molecular flexibility index (Phi) is 3.60. The average Bonchev–Trinajstić information content (AvgIpc) is 2.99. The zero-order valence-corrected chi connectivity index (χ0v) is 12.3. The van der Waals surface area contributed by atoms with Gasteiger partial charge in [0.25, 0.3) is 11.6 Å². The number of fused-ring (bicyclic) bond motifs is 1. The van der Waals surface area contributed by atoms with Crippen LogP contribution >= 0.6 is 22.9 Å². The Morgan fingerprint density at radius 3 is 2.95 bits per heavy atom. The predicted molar refractivity (Wildman–Crippen MR) is 80.2 cm³/mol. The van der Waals surface area contributed by atoms with E-state index in [1.807, 2.05) is 0 Å². The number of nitrogens with zero attached hydrogens (tertiary/aromatic N) is 2. The van der Waals surface area contributed by atoms with Gasteiger partial charge in [-0.15, -0.1) is 11.3 Å². The third-order valence-corrected chi connectivity index (χ3v) is 4.52. The van der Waals surface area contributed by atoms with E-state index in [1.165, 1.54) is 34.4 Å². The van der Waals surface area contributed by atoms with Crippen LogP contribution in [0.2, 0.25) is 5.02 Å². The van der Waals surface area contributed by atoms with Crippen LogP contribution in [0.1, 0.15) is 27.3 Å². The summed E-state index contributed by atoms with van der Waals surface area (Å²) in [6.45, 7) is 0. The Balaban J connectivity index is 1.87. The highest BCUT2D eigenvalue weighted by molar-refractivity contribution is 7.16. The van der Waals surface area contributed by atoms with Crippen molar-refractivity contribution in [1.29, 1.82) is 0 Å². The number of carbonyl (C=O) groups is 1. The number of anilines is 1. The SMILES string of the molecule is O=C(Nc1nc2c(s1)CCC2)c1cc(Cl)ccc1[N+](=O)[O-]. The Hall–Kier alpha value is -1.99. The first-order valence-electron chi connectivity index (χ1n) is 6.28. The number of thiazole rings is 1. The molecule has 0 unspecified atom stereocenters. The maximum Gasteiger partial charge on any atom is 0.282 e. The van der Waals surface area contributed by atoms with E-state index in [4.69, 9.17) is 11.6 Å². The highest BCUT2D eigenvalue weighted by Gasteiger charge is 2.23. The highest BCUT2D eigenvalue weighted by Crippen LogP contribution is 2.31. The van der Waals surface area contributed by atoms with Gasteiger partial charge in [0, 0.05) is 16.0 Å². The first kappa shape index (κ1) is 14.0. The number of amides is 1. The number of hydrogen-bond acceptors (Lipinski definition) is 5. The minimum Gasteiger partial charge on any atom is -0.298 e. The number of aromatic nitrogens is 1. The van der Waals surface area contributed by atoms with E-state index in [1.54, 1.807) is 0 Å². The largest absolute Gasteiger partial charge is 0.298 e. The predicted octanol–water partition coefficient (Wildman–Crippen LogP) is 3.45. The maximum absolute atomic E-state index is 12.2. The number of hydrogen-bond donors (Lipinski definition) is 1. The van der Waals surface area contributed by atoms with Crippen LogP contribution in [0.15, 0.2) is 18.2 Å². The number of rotatable bonds is 3. The van der Waals surface area contributed by atoms with Gasteiger partial charge in [-0.2, -0.15) is 0 Å². The van der Waals surface area contributed by atoms with Crippen molar-refractivity contribution in [2.75, 3.05) is 5.32 Å². The monoisotopic (exact) mass is 323 g/mol. The zero-order valence-electron chi connectivity index (χ0n) is 10.8. The standard InChI is InChI=1S/C13H10ClN3O3S/c14-7-4-5-10(17(19)20)8(6-7)12(18)16-13-15-9-2-1-3-11(9)21-13/h4-6H,1-3H2,(H,15,16,18). The normalized spacial score (nSPS) is 13.0. The summed E-state index contributed by atoms with van der Waals surface area (Å²) in [5.41, 5.74) is 0.666. The lowest BCUT2D eigenvalue weighted by molar-refractivity contribution is -0.385. The molecule has 0 saturated heterocycles. The fourth-order valence-corrected chi connectivity index (χ4v) is 3.47. The van der Waals surface area contributed by atoms with Crippen LogP contribution in [0.25, 0.3) is 0 Å². The smallest absolute Gasteiger partial charge is 0.282 e. The average molecular weight is 324 g/mol. The van der Waals surface area contributed by atoms with Gasteiger partial charge >= 0.3 is 0 Å². The first-order chi connectivity index (χ1) is 10.0. The Bertz CT molecular complexity index is 723. The van der Waals surface area contributed by atoms with E-state index in [9.17, 15) is 14.9 Å². The topological polar surface area (TPSA) is 85.1 Å². The summed E-state index contributed by atoms with van der Waals surface area (Å²) in [7, 11) is 0. The summed E-state index contributed by atoms with van der Waals surface area (Å²) in [4.78, 5) is 28.1. The molecule has 6 nitrogen and oxygen atoms in total. The molecule has 0 atom stereocenters. The third kappa shape index (κ3) is 2.74. The number of carbonyl (C=O) groups excluding carboxylic acids is 1. The molecule has 0 bridgehead atoms. The molecule has 1 heterocycles. The van der Waals surface area contributed by atoms with Crippen molar-refractivity contribution in [1.82, 2.24) is 4.98 Å². The molecule has 21 heavy (non-hydrogen) atoms. The Labute approximate surface area is 128 Å². The summed E-state index contributed by atoms with van der Waals surface area (Å²) >= 11 is 7.23. The minimum atomic E-state index is -0.604. The Morgan fingerprint density at radius 1 is 1.43 bits per heavy atom. The molecule has 1 amide bonds. The number of halogens is 1. The van der Waals surface area contributed by atoms with E-state index in [0.29, 0.717) is 5.13 Å². The summed E-state index contributed by atoms with van der Waals surface area (Å²) < 4.78 is 0. The molecule has 1 N–H and O–H groups in total. The number of nitro benzene ring substituents is 1. The molecule has 2 aromatic rings. The van der Waals surface area contributed by atoms with Gasteiger partial charge in [-0.1, -0.05) is 11.6 Å². The van der Waals surface area contributed by atoms with Gasteiger partial charge in [0.1, 0.15) is 5.56 Å². The van der Waals surface area contributed by atoms with E-state index < -0.39 is 10.8 Å². The number of nitro groups is 1. The van der Waals surface area contributed by atoms with Gasteiger partial charge in [0.05, 0.1) is 10.6 Å². The van der Waals surface area contributed by atoms with Crippen LogP contribution in [0.5, 0.6) is 0 Å². The summed E-state index contributed by atoms with van der Waals surface area (Å²) in [5, 5.41) is 14.3. The summed E-state index contributed by atoms with van der Waals surface area (Å²) in [5.74, 6) is -0.573. The van der Waals surface area contributed by atoms with Crippen molar-refractivity contribution in [3.05, 3.63) is 49.5 Å². The lowest BCUT2D eigenvalue weighted by Gasteiger charge is -2.03. The summed E-state index contributed by atoms with van der Waals surface area (Å²) in [6, 6.07) is 3.89. The van der Waals surface area contributed by atoms with Gasteiger partial charge in [0.15, 0.2) is 5.13 Å². The molecular weight excluding hydrogens is 314 g/mol. The van der Waals surface area contributed by atoms with Crippen molar-refractivity contribution in [3.63, 3.8) is 0 Å². The van der Waals surface area contributed by atoms with Gasteiger partial charge in [-0.3, -0.25) is 20.2 Å². The van der Waals surface area contributed by atoms with Crippen LogP contribution in [-0.4, -0.2) is 15.8 Å². The van der Waals surface area contributed by atoms with Crippen molar-refractivity contribution in [2.45, 2.75) is 19.3 Å². The third-order valence-electron chi connectivity index (χ3n) is 3.22. The fourth-order valence-electron chi connectivity index (χ4n) is 2.26. The molecule has 1 aliphatic carbocycles. The molecule has 0 spiro atoms. The second-order valence-electron chi connectivity index (χ2n) is 4.62. The van der Waals surface area contributed by atoms with E-state index in [-0.39, 0.29) is 16.3 Å². The molecule has 0 fully saturated rings. The molecule has 0 radical (unpaired) electrons. The summed E-state index contributed by atoms with van der Waals surface area (Å²) in [6.07, 6.45) is 2.97. The maximum atomic E-state index is 12.2. The van der Waals surface area contributed by atoms with Crippen molar-refractivity contribution in [3.8, 4) is 0 Å². The number of benzene rings is 1. The van der Waals surface area contributed by atoms with Gasteiger partial charge in [0.2, 0.25) is 0 Å². The van der Waals surface area contributed by atoms with Gasteiger partial charge in [-0.05, 0) is 31.4 Å². The molecule has 1 aliphatic rings. The molecule has 108 valence electrons. The zero-order chi connectivity index (χ0) is 15.0. The van der Waals surface area contributed by atoms with Crippen molar-refractivity contribution in [2.24, 2.45) is 0 Å². The second kappa shape index (κ2) is 5.42. The number of aryl methyl sites for hydroxylation is 2. The minimum absolute atomic E-state index is 0.0668. The lowest BCUT2D eigenvalue weighted by atomic mass is 10.1. The van der Waals surface area contributed by atoms with Crippen LogP contribution < -0.4 is 5.32 Å². The molecule has 0 saturated carbocycles. The highest BCUT2D eigenvalue weighted by atomic mass is 35.5. The molecule has 1 aromatic heterocycles. The van der Waals surface area contributed by atoms with Crippen molar-refractivity contribution >= 4 is 39.7 Å². The van der Waals surface area contributed by atoms with Crippen molar-refractivity contribution < 1.29 is 9.72 Å². The second-order valence-corrected chi connectivity index (χ2v) is 6.14. The van der Waals surface area contributed by atoms with Gasteiger partial charge < -0.3 is 0 Å². The molecular formula is C13H10ClN3O3S. The van der Waals surface area contributed by atoms with Crippen LogP contribution in [0.4, 0.5) is 10.8 Å².